The van der Waals surface area contributed by atoms with Crippen molar-refractivity contribution in [1.82, 2.24) is 0 Å². The highest BCUT2D eigenvalue weighted by atomic mass is 32.2. The Kier molecular flexibility index (Phi) is 4.59. The minimum absolute atomic E-state index is 0.0449. The largest absolute Gasteiger partial charge is 0.316 e. The van der Waals surface area contributed by atoms with Gasteiger partial charge in [0.1, 0.15) is 0 Å². The van der Waals surface area contributed by atoms with Crippen LogP contribution in [-0.2, 0) is 0 Å². The molecule has 0 bridgehead atoms. The average molecular weight is 302 g/mol. The first kappa shape index (κ1) is 15.1. The standard InChI is InChI=1S/C15H14N2O3S/c1-10-4-3-5-13(8-10)21-15(18)16-14-9-12(17(19)20)7-6-11(14)2/h3-9H,1-2H3,(H,16,18). The van der Waals surface area contributed by atoms with Gasteiger partial charge in [0.25, 0.3) is 10.9 Å². The Bertz CT molecular complexity index is 701. The molecule has 2 rings (SSSR count). The zero-order valence-electron chi connectivity index (χ0n) is 11.6. The van der Waals surface area contributed by atoms with Gasteiger partial charge in [-0.3, -0.25) is 14.9 Å². The summed E-state index contributed by atoms with van der Waals surface area (Å²) in [6, 6.07) is 12.0. The highest BCUT2D eigenvalue weighted by molar-refractivity contribution is 8.13. The summed E-state index contributed by atoms with van der Waals surface area (Å²) >= 11 is 1.06. The van der Waals surface area contributed by atoms with Crippen molar-refractivity contribution in [1.29, 1.82) is 0 Å². The molecular formula is C15H14N2O3S. The van der Waals surface area contributed by atoms with Gasteiger partial charge in [-0.15, -0.1) is 0 Å². The number of hydrogen-bond donors (Lipinski definition) is 1. The van der Waals surface area contributed by atoms with E-state index >= 15 is 0 Å². The second-order valence-electron chi connectivity index (χ2n) is 4.59. The summed E-state index contributed by atoms with van der Waals surface area (Å²) in [5.41, 5.74) is 2.25. The SMILES string of the molecule is Cc1cccc(SC(=O)Nc2cc([N+](=O)[O-])ccc2C)c1. The third-order valence-corrected chi connectivity index (χ3v) is 3.65. The van der Waals surface area contributed by atoms with Crippen molar-refractivity contribution >= 4 is 28.4 Å². The molecule has 1 N–H and O–H groups in total. The number of carbonyl (C=O) groups excluding carboxylic acids is 1. The maximum Gasteiger partial charge on any atom is 0.288 e. The van der Waals surface area contributed by atoms with E-state index in [4.69, 9.17) is 0 Å². The fraction of sp³-hybridized carbons (Fsp3) is 0.133. The second-order valence-corrected chi connectivity index (χ2v) is 5.63. The van der Waals surface area contributed by atoms with Crippen molar-refractivity contribution in [3.63, 3.8) is 0 Å². The van der Waals surface area contributed by atoms with Crippen molar-refractivity contribution in [3.05, 3.63) is 63.7 Å². The number of carbonyl (C=O) groups is 1. The van der Waals surface area contributed by atoms with Crippen molar-refractivity contribution in [3.8, 4) is 0 Å². The number of anilines is 1. The predicted octanol–water partition coefficient (Wildman–Crippen LogP) is 4.54. The van der Waals surface area contributed by atoms with Crippen LogP contribution < -0.4 is 5.32 Å². The van der Waals surface area contributed by atoms with Crippen LogP contribution in [-0.4, -0.2) is 10.2 Å². The van der Waals surface area contributed by atoms with E-state index in [0.717, 1.165) is 27.8 Å². The van der Waals surface area contributed by atoms with E-state index in [9.17, 15) is 14.9 Å². The smallest absolute Gasteiger partial charge is 0.288 e. The Hall–Kier alpha value is -2.34. The first-order valence-electron chi connectivity index (χ1n) is 6.26. The molecule has 0 fully saturated rings. The maximum absolute atomic E-state index is 12.0. The molecule has 0 atom stereocenters. The molecule has 0 radical (unpaired) electrons. The van der Waals surface area contributed by atoms with Crippen LogP contribution in [0.1, 0.15) is 11.1 Å². The lowest BCUT2D eigenvalue weighted by Crippen LogP contribution is -2.06. The Balaban J connectivity index is 2.12. The molecular weight excluding hydrogens is 288 g/mol. The topological polar surface area (TPSA) is 72.2 Å². The third-order valence-electron chi connectivity index (χ3n) is 2.87. The van der Waals surface area contributed by atoms with Gasteiger partial charge in [0.15, 0.2) is 0 Å². The average Bonchev–Trinajstić information content (AvgIpc) is 2.41. The van der Waals surface area contributed by atoms with E-state index in [1.165, 1.54) is 12.1 Å². The third kappa shape index (κ3) is 4.06. The molecule has 0 heterocycles. The number of nitrogens with zero attached hydrogens (tertiary/aromatic N) is 1. The molecule has 2 aromatic carbocycles. The molecule has 0 aliphatic heterocycles. The lowest BCUT2D eigenvalue weighted by atomic mass is 10.2. The summed E-state index contributed by atoms with van der Waals surface area (Å²) in [5.74, 6) is 0. The van der Waals surface area contributed by atoms with Gasteiger partial charge in [-0.2, -0.15) is 0 Å². The molecule has 1 amide bonds. The summed E-state index contributed by atoms with van der Waals surface area (Å²) < 4.78 is 0. The second kappa shape index (κ2) is 6.41. The quantitative estimate of drug-likeness (QED) is 0.513. The van der Waals surface area contributed by atoms with Crippen LogP contribution in [0.15, 0.2) is 47.4 Å². The minimum atomic E-state index is -0.483. The summed E-state index contributed by atoms with van der Waals surface area (Å²) in [5, 5.41) is 13.2. The molecule has 0 aliphatic rings. The minimum Gasteiger partial charge on any atom is -0.316 e. The molecule has 0 saturated heterocycles. The van der Waals surface area contributed by atoms with Crippen LogP contribution in [0.3, 0.4) is 0 Å². The van der Waals surface area contributed by atoms with Gasteiger partial charge in [0.2, 0.25) is 0 Å². The first-order chi connectivity index (χ1) is 9.95. The van der Waals surface area contributed by atoms with Crippen LogP contribution >= 0.6 is 11.8 Å². The van der Waals surface area contributed by atoms with Crippen LogP contribution in [0.25, 0.3) is 0 Å². The molecule has 0 spiro atoms. The zero-order chi connectivity index (χ0) is 15.4. The number of amides is 1. The number of rotatable bonds is 3. The number of non-ortho nitro benzene ring substituents is 1. The fourth-order valence-corrected chi connectivity index (χ4v) is 2.55. The number of nitro benzene ring substituents is 1. The van der Waals surface area contributed by atoms with Crippen LogP contribution in [0.4, 0.5) is 16.2 Å². The van der Waals surface area contributed by atoms with Gasteiger partial charge in [0, 0.05) is 17.0 Å². The number of thioether (sulfide) groups is 1. The van der Waals surface area contributed by atoms with E-state index in [1.54, 1.807) is 13.0 Å². The van der Waals surface area contributed by atoms with Crippen molar-refractivity contribution < 1.29 is 9.72 Å². The van der Waals surface area contributed by atoms with Gasteiger partial charge in [-0.05, 0) is 43.3 Å². The Morgan fingerprint density at radius 3 is 2.62 bits per heavy atom. The monoisotopic (exact) mass is 302 g/mol. The Morgan fingerprint density at radius 2 is 1.95 bits per heavy atom. The van der Waals surface area contributed by atoms with Gasteiger partial charge in [-0.1, -0.05) is 23.8 Å². The van der Waals surface area contributed by atoms with Crippen molar-refractivity contribution in [2.75, 3.05) is 5.32 Å². The molecule has 0 unspecified atom stereocenters. The number of hydrogen-bond acceptors (Lipinski definition) is 4. The van der Waals surface area contributed by atoms with E-state index in [-0.39, 0.29) is 10.9 Å². The van der Waals surface area contributed by atoms with Gasteiger partial charge in [0.05, 0.1) is 10.6 Å². The van der Waals surface area contributed by atoms with Crippen LogP contribution in [0, 0.1) is 24.0 Å². The Morgan fingerprint density at radius 1 is 1.19 bits per heavy atom. The molecule has 0 saturated carbocycles. The molecule has 108 valence electrons. The first-order valence-corrected chi connectivity index (χ1v) is 7.08. The molecule has 0 aromatic heterocycles. The maximum atomic E-state index is 12.0. The van der Waals surface area contributed by atoms with E-state index in [2.05, 4.69) is 5.32 Å². The number of nitro groups is 1. The summed E-state index contributed by atoms with van der Waals surface area (Å²) in [6.45, 7) is 3.74. The summed E-state index contributed by atoms with van der Waals surface area (Å²) in [7, 11) is 0. The van der Waals surface area contributed by atoms with Gasteiger partial charge < -0.3 is 5.32 Å². The highest BCUT2D eigenvalue weighted by Gasteiger charge is 2.12. The van der Waals surface area contributed by atoms with E-state index < -0.39 is 4.92 Å². The van der Waals surface area contributed by atoms with Crippen LogP contribution in [0.2, 0.25) is 0 Å². The fourth-order valence-electron chi connectivity index (χ4n) is 1.78. The van der Waals surface area contributed by atoms with E-state index in [1.807, 2.05) is 31.2 Å². The van der Waals surface area contributed by atoms with Gasteiger partial charge in [-0.25, -0.2) is 0 Å². The molecule has 21 heavy (non-hydrogen) atoms. The molecule has 5 nitrogen and oxygen atoms in total. The lowest BCUT2D eigenvalue weighted by Gasteiger charge is -2.08. The molecule has 6 heteroatoms. The van der Waals surface area contributed by atoms with Crippen LogP contribution in [0.5, 0.6) is 0 Å². The molecule has 2 aromatic rings. The van der Waals surface area contributed by atoms with Gasteiger partial charge >= 0.3 is 0 Å². The lowest BCUT2D eigenvalue weighted by molar-refractivity contribution is -0.384. The van der Waals surface area contributed by atoms with E-state index in [0.29, 0.717) is 5.69 Å². The van der Waals surface area contributed by atoms with Crippen molar-refractivity contribution in [2.24, 2.45) is 0 Å². The molecule has 0 aliphatic carbocycles. The normalized spacial score (nSPS) is 10.2. The number of nitrogens with one attached hydrogen (secondary N) is 1. The number of aryl methyl sites for hydroxylation is 2. The highest BCUT2D eigenvalue weighted by Crippen LogP contribution is 2.25. The van der Waals surface area contributed by atoms with Crippen molar-refractivity contribution in [2.45, 2.75) is 18.7 Å². The summed E-state index contributed by atoms with van der Waals surface area (Å²) in [4.78, 5) is 23.1. The summed E-state index contributed by atoms with van der Waals surface area (Å²) in [6.07, 6.45) is 0. The zero-order valence-corrected chi connectivity index (χ0v) is 12.4. The number of benzene rings is 2. The Labute approximate surface area is 126 Å². The predicted molar refractivity (Wildman–Crippen MR) is 83.9 cm³/mol.